The summed E-state index contributed by atoms with van der Waals surface area (Å²) in [6.45, 7) is 1.14. The van der Waals surface area contributed by atoms with Crippen molar-refractivity contribution in [1.82, 2.24) is 9.78 Å². The van der Waals surface area contributed by atoms with E-state index in [4.69, 9.17) is 14.2 Å². The van der Waals surface area contributed by atoms with E-state index in [1.54, 1.807) is 16.8 Å². The molecule has 0 atom stereocenters. The normalized spacial score (nSPS) is 16.1. The molecule has 1 aromatic heterocycles. The zero-order valence-electron chi connectivity index (χ0n) is 10.8. The van der Waals surface area contributed by atoms with Crippen LogP contribution >= 0.6 is 0 Å². The minimum absolute atomic E-state index is 0.363. The summed E-state index contributed by atoms with van der Waals surface area (Å²) in [4.78, 5) is 11.5. The van der Waals surface area contributed by atoms with Crippen molar-refractivity contribution in [2.24, 2.45) is 7.05 Å². The van der Waals surface area contributed by atoms with Gasteiger partial charge in [0, 0.05) is 12.4 Å². The van der Waals surface area contributed by atoms with Gasteiger partial charge in [-0.15, -0.1) is 0 Å². The minimum atomic E-state index is -0.423. The number of aryl methyl sites for hydroxylation is 1. The predicted octanol–water partition coefficient (Wildman–Crippen LogP) is 1.41. The van der Waals surface area contributed by atoms with Crippen LogP contribution in [0.1, 0.15) is 22.3 Å². The first-order valence-electron chi connectivity index (χ1n) is 5.99. The van der Waals surface area contributed by atoms with E-state index in [0.717, 1.165) is 16.6 Å². The van der Waals surface area contributed by atoms with Gasteiger partial charge in [0.2, 0.25) is 6.29 Å². The summed E-state index contributed by atoms with van der Waals surface area (Å²) in [6, 6.07) is 5.32. The molecule has 6 nitrogen and oxygen atoms in total. The minimum Gasteiger partial charge on any atom is -0.465 e. The molecular weight excluding hydrogens is 248 g/mol. The molecule has 0 saturated carbocycles. The Labute approximate surface area is 109 Å². The van der Waals surface area contributed by atoms with Crippen LogP contribution in [-0.4, -0.2) is 36.1 Å². The molecule has 0 spiro atoms. The highest BCUT2D eigenvalue weighted by Gasteiger charge is 2.24. The topological polar surface area (TPSA) is 62.6 Å². The fourth-order valence-corrected chi connectivity index (χ4v) is 2.22. The van der Waals surface area contributed by atoms with Crippen LogP contribution < -0.4 is 0 Å². The molecule has 0 N–H and O–H groups in total. The summed E-state index contributed by atoms with van der Waals surface area (Å²) in [5, 5.41) is 5.33. The van der Waals surface area contributed by atoms with Gasteiger partial charge in [-0.2, -0.15) is 5.10 Å². The molecule has 2 aromatic rings. The smallest absolute Gasteiger partial charge is 0.337 e. The third-order valence-electron chi connectivity index (χ3n) is 3.15. The largest absolute Gasteiger partial charge is 0.465 e. The number of nitrogens with zero attached hydrogens (tertiary/aromatic N) is 2. The lowest BCUT2D eigenvalue weighted by Gasteiger charge is -2.05. The molecule has 1 aromatic carbocycles. The molecule has 3 rings (SSSR count). The number of rotatable bonds is 2. The lowest BCUT2D eigenvalue weighted by molar-refractivity contribution is -0.0465. The first-order valence-corrected chi connectivity index (χ1v) is 5.99. The van der Waals surface area contributed by atoms with Gasteiger partial charge in [0.15, 0.2) is 0 Å². The maximum Gasteiger partial charge on any atom is 0.337 e. The Morgan fingerprint density at radius 1 is 1.42 bits per heavy atom. The molecule has 0 amide bonds. The summed E-state index contributed by atoms with van der Waals surface area (Å²) in [6.07, 6.45) is -0.423. The quantitative estimate of drug-likeness (QED) is 0.766. The Hall–Kier alpha value is -1.92. The van der Waals surface area contributed by atoms with E-state index in [2.05, 4.69) is 5.10 Å². The van der Waals surface area contributed by atoms with E-state index >= 15 is 0 Å². The molecule has 0 radical (unpaired) electrons. The summed E-state index contributed by atoms with van der Waals surface area (Å²) in [5.74, 6) is -0.363. The van der Waals surface area contributed by atoms with Gasteiger partial charge < -0.3 is 14.2 Å². The van der Waals surface area contributed by atoms with E-state index < -0.39 is 6.29 Å². The van der Waals surface area contributed by atoms with Crippen LogP contribution in [0.4, 0.5) is 0 Å². The average Bonchev–Trinajstić information content (AvgIpc) is 3.06. The number of benzene rings is 1. The van der Waals surface area contributed by atoms with Crippen molar-refractivity contribution >= 4 is 16.9 Å². The van der Waals surface area contributed by atoms with Gasteiger partial charge in [-0.25, -0.2) is 4.79 Å². The lowest BCUT2D eigenvalue weighted by atomic mass is 10.1. The van der Waals surface area contributed by atoms with Gasteiger partial charge >= 0.3 is 5.97 Å². The zero-order chi connectivity index (χ0) is 13.4. The number of methoxy groups -OCH3 is 1. The molecule has 0 aliphatic carbocycles. The number of aromatic nitrogens is 2. The van der Waals surface area contributed by atoms with Gasteiger partial charge in [0.05, 0.1) is 31.4 Å². The number of fused-ring (bicyclic) bond motifs is 1. The number of esters is 1. The van der Waals surface area contributed by atoms with E-state index in [9.17, 15) is 4.79 Å². The first-order chi connectivity index (χ1) is 9.20. The highest BCUT2D eigenvalue weighted by molar-refractivity contribution is 5.95. The number of ether oxygens (including phenoxy) is 3. The highest BCUT2D eigenvalue weighted by Crippen LogP contribution is 2.29. The van der Waals surface area contributed by atoms with E-state index in [0.29, 0.717) is 18.8 Å². The van der Waals surface area contributed by atoms with Crippen LogP contribution in [0.25, 0.3) is 10.9 Å². The fraction of sp³-hybridized carbons (Fsp3) is 0.385. The molecule has 100 valence electrons. The Morgan fingerprint density at radius 3 is 2.84 bits per heavy atom. The van der Waals surface area contributed by atoms with Gasteiger partial charge in [0.1, 0.15) is 5.69 Å². The maximum atomic E-state index is 11.5. The van der Waals surface area contributed by atoms with Gasteiger partial charge in [0.25, 0.3) is 0 Å². The third kappa shape index (κ3) is 1.98. The molecule has 1 fully saturated rings. The number of hydrogen-bond donors (Lipinski definition) is 0. The standard InChI is InChI=1S/C13H14N2O4/c1-15-10-7-8(12(16)17-2)3-4-9(10)11(14-15)13-18-5-6-19-13/h3-4,7,13H,5-6H2,1-2H3. The van der Waals surface area contributed by atoms with Crippen LogP contribution in [0.15, 0.2) is 18.2 Å². The summed E-state index contributed by atoms with van der Waals surface area (Å²) in [7, 11) is 3.18. The van der Waals surface area contributed by atoms with E-state index in [1.807, 2.05) is 13.1 Å². The van der Waals surface area contributed by atoms with Crippen molar-refractivity contribution in [1.29, 1.82) is 0 Å². The fourth-order valence-electron chi connectivity index (χ4n) is 2.22. The Morgan fingerprint density at radius 2 is 2.16 bits per heavy atom. The monoisotopic (exact) mass is 262 g/mol. The summed E-state index contributed by atoms with van der Waals surface area (Å²) in [5.41, 5.74) is 2.08. The van der Waals surface area contributed by atoms with Crippen molar-refractivity contribution in [3.8, 4) is 0 Å². The molecular formula is C13H14N2O4. The molecule has 1 aliphatic rings. The van der Waals surface area contributed by atoms with E-state index in [1.165, 1.54) is 7.11 Å². The van der Waals surface area contributed by atoms with Crippen molar-refractivity contribution in [2.45, 2.75) is 6.29 Å². The highest BCUT2D eigenvalue weighted by atomic mass is 16.7. The molecule has 0 bridgehead atoms. The van der Waals surface area contributed by atoms with Crippen molar-refractivity contribution in [3.63, 3.8) is 0 Å². The molecule has 2 heterocycles. The number of carbonyl (C=O) groups is 1. The van der Waals surface area contributed by atoms with Crippen LogP contribution in [0, 0.1) is 0 Å². The maximum absolute atomic E-state index is 11.5. The third-order valence-corrected chi connectivity index (χ3v) is 3.15. The molecule has 1 aliphatic heterocycles. The van der Waals surface area contributed by atoms with Crippen LogP contribution in [0.2, 0.25) is 0 Å². The number of carbonyl (C=O) groups excluding carboxylic acids is 1. The van der Waals surface area contributed by atoms with Gasteiger partial charge in [-0.05, 0) is 18.2 Å². The van der Waals surface area contributed by atoms with Crippen LogP contribution in [0.5, 0.6) is 0 Å². The van der Waals surface area contributed by atoms with Crippen LogP contribution in [0.3, 0.4) is 0 Å². The van der Waals surface area contributed by atoms with Crippen molar-refractivity contribution in [3.05, 3.63) is 29.5 Å². The first kappa shape index (κ1) is 12.1. The lowest BCUT2D eigenvalue weighted by Crippen LogP contribution is -2.01. The molecule has 6 heteroatoms. The van der Waals surface area contributed by atoms with Crippen molar-refractivity contribution < 1.29 is 19.0 Å². The van der Waals surface area contributed by atoms with Gasteiger partial charge in [-0.3, -0.25) is 4.68 Å². The second-order valence-corrected chi connectivity index (χ2v) is 4.31. The predicted molar refractivity (Wildman–Crippen MR) is 66.7 cm³/mol. The SMILES string of the molecule is COC(=O)c1ccc2c(C3OCCO3)nn(C)c2c1. The summed E-state index contributed by atoms with van der Waals surface area (Å²) < 4.78 is 17.4. The second-order valence-electron chi connectivity index (χ2n) is 4.31. The molecule has 0 unspecified atom stereocenters. The number of hydrogen-bond acceptors (Lipinski definition) is 5. The van der Waals surface area contributed by atoms with Crippen molar-refractivity contribution in [2.75, 3.05) is 20.3 Å². The zero-order valence-corrected chi connectivity index (χ0v) is 10.8. The van der Waals surface area contributed by atoms with Crippen LogP contribution in [-0.2, 0) is 21.3 Å². The Bertz CT molecular complexity index is 629. The van der Waals surface area contributed by atoms with Gasteiger partial charge in [-0.1, -0.05) is 0 Å². The average molecular weight is 262 g/mol. The molecule has 1 saturated heterocycles. The second kappa shape index (κ2) is 4.64. The Kier molecular flexibility index (Phi) is 2.96. The van der Waals surface area contributed by atoms with E-state index in [-0.39, 0.29) is 5.97 Å². The summed E-state index contributed by atoms with van der Waals surface area (Å²) >= 11 is 0. The Balaban J connectivity index is 2.09. The molecule has 19 heavy (non-hydrogen) atoms.